The number of carbonyl (C=O) groups excluding carboxylic acids is 1. The molecule has 0 heterocycles. The second-order valence-electron chi connectivity index (χ2n) is 4.56. The Labute approximate surface area is 106 Å². The van der Waals surface area contributed by atoms with E-state index in [1.807, 2.05) is 0 Å². The van der Waals surface area contributed by atoms with Crippen LogP contribution >= 0.6 is 0 Å². The number of hydrogen-bond donors (Lipinski definition) is 0. The molecule has 0 N–H and O–H groups in total. The zero-order valence-corrected chi connectivity index (χ0v) is 10.1. The van der Waals surface area contributed by atoms with Gasteiger partial charge in [0.05, 0.1) is 0 Å². The van der Waals surface area contributed by atoms with Crippen molar-refractivity contribution in [2.24, 2.45) is 5.92 Å². The fourth-order valence-corrected chi connectivity index (χ4v) is 2.08. The van der Waals surface area contributed by atoms with Gasteiger partial charge in [0.2, 0.25) is 5.92 Å². The van der Waals surface area contributed by atoms with Gasteiger partial charge in [-0.3, -0.25) is 4.79 Å². The van der Waals surface area contributed by atoms with E-state index in [4.69, 9.17) is 0 Å². The van der Waals surface area contributed by atoms with Gasteiger partial charge >= 0.3 is 12.4 Å². The van der Waals surface area contributed by atoms with Crippen molar-refractivity contribution in [3.63, 3.8) is 0 Å². The average molecular weight is 288 g/mol. The van der Waals surface area contributed by atoms with Crippen molar-refractivity contribution in [1.82, 2.24) is 0 Å². The second-order valence-corrected chi connectivity index (χ2v) is 4.56. The van der Waals surface area contributed by atoms with Crippen LogP contribution in [0.5, 0.6) is 0 Å². The summed E-state index contributed by atoms with van der Waals surface area (Å²) in [5.74, 6) is -5.74. The van der Waals surface area contributed by atoms with E-state index in [-0.39, 0.29) is 12.0 Å². The lowest BCUT2D eigenvalue weighted by Crippen LogP contribution is -2.43. The van der Waals surface area contributed by atoms with E-state index < -0.39 is 24.1 Å². The van der Waals surface area contributed by atoms with Gasteiger partial charge in [0, 0.05) is 0 Å². The zero-order valence-electron chi connectivity index (χ0n) is 10.1. The maximum atomic E-state index is 12.4. The van der Waals surface area contributed by atoms with Crippen LogP contribution in [0.3, 0.4) is 0 Å². The predicted molar refractivity (Wildman–Crippen MR) is 56.4 cm³/mol. The van der Waals surface area contributed by atoms with E-state index >= 15 is 0 Å². The van der Waals surface area contributed by atoms with Gasteiger partial charge in [-0.1, -0.05) is 18.9 Å². The molecule has 0 aromatic carbocycles. The number of rotatable bonds is 2. The molecule has 1 aliphatic carbocycles. The van der Waals surface area contributed by atoms with Gasteiger partial charge < -0.3 is 0 Å². The molecule has 0 aromatic rings. The highest BCUT2D eigenvalue weighted by Gasteiger charge is 2.61. The first-order valence-corrected chi connectivity index (χ1v) is 6.00. The third kappa shape index (κ3) is 4.54. The monoisotopic (exact) mass is 288 g/mol. The molecule has 1 nitrogen and oxygen atoms in total. The number of allylic oxidation sites excluding steroid dienone is 2. The molecule has 0 saturated heterocycles. The highest BCUT2D eigenvalue weighted by atomic mass is 19.4. The van der Waals surface area contributed by atoms with Crippen LogP contribution in [-0.2, 0) is 4.79 Å². The van der Waals surface area contributed by atoms with Gasteiger partial charge in [0.25, 0.3) is 0 Å². The van der Waals surface area contributed by atoms with Crippen LogP contribution in [0.25, 0.3) is 0 Å². The SMILES string of the molecule is O=C(C1=CCCCCCC1)C(C(F)(F)F)C(F)(F)F. The maximum Gasteiger partial charge on any atom is 0.407 e. The molecule has 0 amide bonds. The Morgan fingerprint density at radius 1 is 0.947 bits per heavy atom. The minimum Gasteiger partial charge on any atom is -0.293 e. The van der Waals surface area contributed by atoms with Gasteiger partial charge in [-0.15, -0.1) is 0 Å². The Kier molecular flexibility index (Phi) is 5.04. The quantitative estimate of drug-likeness (QED) is 0.680. The molecule has 0 saturated carbocycles. The first-order chi connectivity index (χ1) is 8.64. The fraction of sp³-hybridized carbons (Fsp3) is 0.750. The highest BCUT2D eigenvalue weighted by molar-refractivity contribution is 5.98. The van der Waals surface area contributed by atoms with Crippen LogP contribution < -0.4 is 0 Å². The van der Waals surface area contributed by atoms with Crippen molar-refractivity contribution in [3.05, 3.63) is 11.6 Å². The fourth-order valence-electron chi connectivity index (χ4n) is 2.08. The number of carbonyl (C=O) groups is 1. The van der Waals surface area contributed by atoms with Gasteiger partial charge in [-0.05, 0) is 31.3 Å². The Morgan fingerprint density at radius 2 is 1.47 bits per heavy atom. The summed E-state index contributed by atoms with van der Waals surface area (Å²) in [6, 6.07) is 0. The minimum atomic E-state index is -5.60. The molecule has 0 radical (unpaired) electrons. The van der Waals surface area contributed by atoms with Crippen LogP contribution in [0.2, 0.25) is 0 Å². The molecule has 0 fully saturated rings. The molecule has 0 aromatic heterocycles. The lowest BCUT2D eigenvalue weighted by Gasteiger charge is -2.23. The van der Waals surface area contributed by atoms with Crippen molar-refractivity contribution >= 4 is 5.78 Å². The normalized spacial score (nSPS) is 18.8. The maximum absolute atomic E-state index is 12.4. The Morgan fingerprint density at radius 3 is 2.00 bits per heavy atom. The Balaban J connectivity index is 2.99. The first-order valence-electron chi connectivity index (χ1n) is 6.00. The number of ketones is 1. The molecule has 110 valence electrons. The molecule has 19 heavy (non-hydrogen) atoms. The summed E-state index contributed by atoms with van der Waals surface area (Å²) in [5.41, 5.74) is -0.334. The molecule has 0 bridgehead atoms. The summed E-state index contributed by atoms with van der Waals surface area (Å²) in [6.45, 7) is 0. The van der Waals surface area contributed by atoms with Crippen LogP contribution in [0, 0.1) is 5.92 Å². The molecule has 0 unspecified atom stereocenters. The highest BCUT2D eigenvalue weighted by Crippen LogP contribution is 2.41. The van der Waals surface area contributed by atoms with E-state index in [0.29, 0.717) is 25.7 Å². The smallest absolute Gasteiger partial charge is 0.293 e. The summed E-state index contributed by atoms with van der Waals surface area (Å²) < 4.78 is 74.6. The Bertz CT molecular complexity index is 338. The molecule has 0 atom stereocenters. The Hall–Kier alpha value is -1.01. The minimum absolute atomic E-state index is 0.0124. The molecule has 7 heteroatoms. The molecule has 1 rings (SSSR count). The van der Waals surface area contributed by atoms with Crippen molar-refractivity contribution < 1.29 is 31.1 Å². The molecular weight excluding hydrogens is 274 g/mol. The first kappa shape index (κ1) is 16.0. The number of halogens is 6. The van der Waals surface area contributed by atoms with E-state index in [9.17, 15) is 31.1 Å². The van der Waals surface area contributed by atoms with E-state index in [1.165, 1.54) is 6.08 Å². The second kappa shape index (κ2) is 5.96. The molecule has 0 aliphatic heterocycles. The summed E-state index contributed by atoms with van der Waals surface area (Å²) in [7, 11) is 0. The van der Waals surface area contributed by atoms with Crippen LogP contribution in [-0.4, -0.2) is 18.1 Å². The number of Topliss-reactive ketones (excluding diaryl/α,β-unsaturated/α-hetero) is 1. The standard InChI is InChI=1S/C12H14F6O/c13-11(14,15)10(12(16,17)18)9(19)8-6-4-2-1-3-5-7-8/h6,10H,1-5,7H2. The summed E-state index contributed by atoms with van der Waals surface area (Å²) in [4.78, 5) is 11.5. The van der Waals surface area contributed by atoms with Crippen molar-refractivity contribution in [2.45, 2.75) is 50.9 Å². The van der Waals surface area contributed by atoms with E-state index in [0.717, 1.165) is 6.42 Å². The molecule has 0 spiro atoms. The number of hydrogen-bond acceptors (Lipinski definition) is 1. The third-order valence-electron chi connectivity index (χ3n) is 3.02. The van der Waals surface area contributed by atoms with Gasteiger partial charge in [0.1, 0.15) is 0 Å². The average Bonchev–Trinajstić information content (AvgIpc) is 2.10. The summed E-state index contributed by atoms with van der Waals surface area (Å²) in [5, 5.41) is 0. The molecule has 1 aliphatic rings. The number of alkyl halides is 6. The summed E-state index contributed by atoms with van der Waals surface area (Å²) >= 11 is 0. The third-order valence-corrected chi connectivity index (χ3v) is 3.02. The zero-order chi connectivity index (χ0) is 14.7. The van der Waals surface area contributed by atoms with Crippen molar-refractivity contribution in [2.75, 3.05) is 0 Å². The van der Waals surface area contributed by atoms with Gasteiger partial charge in [-0.25, -0.2) is 0 Å². The summed E-state index contributed by atoms with van der Waals surface area (Å²) in [6.07, 6.45) is -6.92. The van der Waals surface area contributed by atoms with Gasteiger partial charge in [-0.2, -0.15) is 26.3 Å². The largest absolute Gasteiger partial charge is 0.407 e. The topological polar surface area (TPSA) is 17.1 Å². The van der Waals surface area contributed by atoms with Crippen molar-refractivity contribution in [1.29, 1.82) is 0 Å². The van der Waals surface area contributed by atoms with Gasteiger partial charge in [0.15, 0.2) is 5.78 Å². The van der Waals surface area contributed by atoms with Crippen LogP contribution in [0.15, 0.2) is 11.6 Å². The lowest BCUT2D eigenvalue weighted by atomic mass is 9.90. The lowest BCUT2D eigenvalue weighted by molar-refractivity contribution is -0.272. The van der Waals surface area contributed by atoms with Crippen molar-refractivity contribution in [3.8, 4) is 0 Å². The molecular formula is C12H14F6O. The van der Waals surface area contributed by atoms with E-state index in [1.54, 1.807) is 0 Å². The predicted octanol–water partition coefficient (Wildman–Crippen LogP) is 4.58. The van der Waals surface area contributed by atoms with Crippen LogP contribution in [0.4, 0.5) is 26.3 Å². The van der Waals surface area contributed by atoms with Crippen LogP contribution in [0.1, 0.15) is 38.5 Å². The van der Waals surface area contributed by atoms with E-state index in [2.05, 4.69) is 0 Å².